The molecular formula is C15H31N3. The van der Waals surface area contributed by atoms with Crippen LogP contribution in [-0.4, -0.2) is 48.7 Å². The highest BCUT2D eigenvalue weighted by Crippen LogP contribution is 2.15. The van der Waals surface area contributed by atoms with E-state index in [-0.39, 0.29) is 0 Å². The third kappa shape index (κ3) is 4.99. The zero-order valence-electron chi connectivity index (χ0n) is 12.7. The van der Waals surface area contributed by atoms with Gasteiger partial charge in [0.1, 0.15) is 0 Å². The second-order valence-corrected chi connectivity index (χ2v) is 4.93. The van der Waals surface area contributed by atoms with E-state index < -0.39 is 0 Å². The fraction of sp³-hybridized carbons (Fsp3) is 0.867. The van der Waals surface area contributed by atoms with Gasteiger partial charge in [-0.3, -0.25) is 9.80 Å². The van der Waals surface area contributed by atoms with Gasteiger partial charge in [0.15, 0.2) is 0 Å². The van der Waals surface area contributed by atoms with Crippen LogP contribution in [0.5, 0.6) is 0 Å². The summed E-state index contributed by atoms with van der Waals surface area (Å²) < 4.78 is 0. The van der Waals surface area contributed by atoms with Crippen LogP contribution in [0.4, 0.5) is 0 Å². The smallest absolute Gasteiger partial charge is 0.0622 e. The normalized spacial score (nSPS) is 14.5. The summed E-state index contributed by atoms with van der Waals surface area (Å²) in [6.45, 7) is 14.8. The molecule has 0 atom stereocenters. The molecule has 1 N–H and O–H groups in total. The van der Waals surface area contributed by atoms with Crippen molar-refractivity contribution in [1.29, 1.82) is 0 Å². The van der Waals surface area contributed by atoms with E-state index >= 15 is 0 Å². The lowest BCUT2D eigenvalue weighted by Crippen LogP contribution is -2.48. The average Bonchev–Trinajstić information content (AvgIpc) is 3.20. The van der Waals surface area contributed by atoms with Crippen molar-refractivity contribution in [3.8, 4) is 0 Å². The summed E-state index contributed by atoms with van der Waals surface area (Å²) in [7, 11) is 0. The molecule has 0 fully saturated rings. The van der Waals surface area contributed by atoms with E-state index in [0.29, 0.717) is 6.17 Å². The number of hydrogen-bond acceptors (Lipinski definition) is 3. The molecule has 18 heavy (non-hydrogen) atoms. The van der Waals surface area contributed by atoms with Gasteiger partial charge in [-0.1, -0.05) is 33.8 Å². The highest BCUT2D eigenvalue weighted by atomic mass is 15.3. The van der Waals surface area contributed by atoms with Crippen LogP contribution in [0.15, 0.2) is 11.8 Å². The van der Waals surface area contributed by atoms with Gasteiger partial charge in [0.2, 0.25) is 0 Å². The van der Waals surface area contributed by atoms with E-state index in [2.05, 4.69) is 48.9 Å². The van der Waals surface area contributed by atoms with E-state index in [1.165, 1.54) is 25.0 Å². The first-order valence-corrected chi connectivity index (χ1v) is 7.67. The minimum Gasteiger partial charge on any atom is -0.388 e. The van der Waals surface area contributed by atoms with E-state index in [9.17, 15) is 0 Å². The van der Waals surface area contributed by atoms with Crippen molar-refractivity contribution in [2.45, 2.75) is 53.1 Å². The molecule has 0 amide bonds. The summed E-state index contributed by atoms with van der Waals surface area (Å²) >= 11 is 0. The molecule has 0 radical (unpaired) electrons. The molecule has 0 aliphatic heterocycles. The Bertz CT molecular complexity index is 230. The first-order valence-electron chi connectivity index (χ1n) is 7.67. The Morgan fingerprint density at radius 3 is 1.94 bits per heavy atom. The van der Waals surface area contributed by atoms with Crippen molar-refractivity contribution in [1.82, 2.24) is 15.1 Å². The Balaban J connectivity index is 2.38. The van der Waals surface area contributed by atoms with Gasteiger partial charge in [-0.25, -0.2) is 0 Å². The van der Waals surface area contributed by atoms with E-state index in [4.69, 9.17) is 0 Å². The summed E-state index contributed by atoms with van der Waals surface area (Å²) in [5, 5.41) is 3.49. The monoisotopic (exact) mass is 253 g/mol. The second kappa shape index (κ2) is 8.54. The lowest BCUT2D eigenvalue weighted by Gasteiger charge is -2.38. The zero-order valence-corrected chi connectivity index (χ0v) is 12.7. The van der Waals surface area contributed by atoms with Crippen LogP contribution in [0.3, 0.4) is 0 Å². The Hall–Kier alpha value is -0.540. The zero-order chi connectivity index (χ0) is 13.4. The van der Waals surface area contributed by atoms with Gasteiger partial charge in [-0.2, -0.15) is 0 Å². The molecule has 106 valence electrons. The van der Waals surface area contributed by atoms with Crippen molar-refractivity contribution in [2.24, 2.45) is 0 Å². The minimum absolute atomic E-state index is 0.616. The van der Waals surface area contributed by atoms with Crippen molar-refractivity contribution >= 4 is 0 Å². The van der Waals surface area contributed by atoms with Gasteiger partial charge in [-0.05, 0) is 39.0 Å². The molecule has 0 aromatic carbocycles. The van der Waals surface area contributed by atoms with Crippen molar-refractivity contribution < 1.29 is 0 Å². The number of rotatable bonds is 11. The van der Waals surface area contributed by atoms with Crippen molar-refractivity contribution in [2.75, 3.05) is 32.7 Å². The molecule has 0 aromatic rings. The average molecular weight is 253 g/mol. The lowest BCUT2D eigenvalue weighted by atomic mass is 10.2. The summed E-state index contributed by atoms with van der Waals surface area (Å²) in [6.07, 6.45) is 6.59. The first kappa shape index (κ1) is 15.5. The fourth-order valence-corrected chi connectivity index (χ4v) is 2.62. The quantitative estimate of drug-likeness (QED) is 0.451. The van der Waals surface area contributed by atoms with Crippen LogP contribution in [0.1, 0.15) is 47.0 Å². The standard InChI is InChI=1S/C15H31N3/c1-5-17(6-2)15(18(7-3)8-4)10-9-13-16-14-11-12-14/h11,15-16H,5-10,12-13H2,1-4H3. The molecule has 0 unspecified atom stereocenters. The van der Waals surface area contributed by atoms with Gasteiger partial charge >= 0.3 is 0 Å². The highest BCUT2D eigenvalue weighted by molar-refractivity contribution is 5.19. The van der Waals surface area contributed by atoms with Gasteiger partial charge in [0, 0.05) is 18.7 Å². The summed E-state index contributed by atoms with van der Waals surface area (Å²) in [5.41, 5.74) is 1.44. The highest BCUT2D eigenvalue weighted by Gasteiger charge is 2.20. The molecule has 3 heteroatoms. The molecule has 1 rings (SSSR count). The predicted octanol–water partition coefficient (Wildman–Crippen LogP) is 2.65. The molecule has 0 bridgehead atoms. The maximum absolute atomic E-state index is 3.49. The Labute approximate surface area is 113 Å². The van der Waals surface area contributed by atoms with Gasteiger partial charge in [0.05, 0.1) is 6.17 Å². The molecule has 0 heterocycles. The number of nitrogens with one attached hydrogen (secondary N) is 1. The van der Waals surface area contributed by atoms with Gasteiger partial charge in [-0.15, -0.1) is 0 Å². The molecule has 0 spiro atoms. The SMILES string of the molecule is CCN(CC)C(CCCNC1=CC1)N(CC)CC. The molecule has 0 aromatic heterocycles. The molecule has 1 aliphatic rings. The molecule has 3 nitrogen and oxygen atoms in total. The first-order chi connectivity index (χ1) is 8.76. The van der Waals surface area contributed by atoms with Crippen molar-refractivity contribution in [3.05, 3.63) is 11.8 Å². The Kier molecular flexibility index (Phi) is 7.36. The topological polar surface area (TPSA) is 18.5 Å². The van der Waals surface area contributed by atoms with Crippen LogP contribution in [-0.2, 0) is 0 Å². The van der Waals surface area contributed by atoms with Crippen molar-refractivity contribution in [3.63, 3.8) is 0 Å². The largest absolute Gasteiger partial charge is 0.388 e. The third-order valence-electron chi connectivity index (χ3n) is 3.87. The number of allylic oxidation sites excluding steroid dienone is 2. The van der Waals surface area contributed by atoms with Crippen LogP contribution in [0, 0.1) is 0 Å². The Morgan fingerprint density at radius 2 is 1.56 bits per heavy atom. The van der Waals surface area contributed by atoms with Gasteiger partial charge < -0.3 is 5.32 Å². The van der Waals surface area contributed by atoms with E-state index in [0.717, 1.165) is 32.7 Å². The summed E-state index contributed by atoms with van der Waals surface area (Å²) in [4.78, 5) is 5.17. The van der Waals surface area contributed by atoms with Crippen LogP contribution in [0.25, 0.3) is 0 Å². The maximum Gasteiger partial charge on any atom is 0.0622 e. The number of nitrogens with zero attached hydrogens (tertiary/aromatic N) is 2. The molecular weight excluding hydrogens is 222 g/mol. The van der Waals surface area contributed by atoms with Crippen LogP contribution >= 0.6 is 0 Å². The molecule has 0 saturated carbocycles. The fourth-order valence-electron chi connectivity index (χ4n) is 2.62. The summed E-state index contributed by atoms with van der Waals surface area (Å²) in [6, 6.07) is 0. The second-order valence-electron chi connectivity index (χ2n) is 4.93. The third-order valence-corrected chi connectivity index (χ3v) is 3.87. The predicted molar refractivity (Wildman–Crippen MR) is 79.6 cm³/mol. The minimum atomic E-state index is 0.616. The summed E-state index contributed by atoms with van der Waals surface area (Å²) in [5.74, 6) is 0. The van der Waals surface area contributed by atoms with Crippen LogP contribution in [0.2, 0.25) is 0 Å². The van der Waals surface area contributed by atoms with E-state index in [1.54, 1.807) is 0 Å². The van der Waals surface area contributed by atoms with Crippen LogP contribution < -0.4 is 5.32 Å². The lowest BCUT2D eigenvalue weighted by molar-refractivity contribution is 0.0489. The number of hydrogen-bond donors (Lipinski definition) is 1. The van der Waals surface area contributed by atoms with E-state index in [1.807, 2.05) is 0 Å². The van der Waals surface area contributed by atoms with Gasteiger partial charge in [0.25, 0.3) is 0 Å². The Morgan fingerprint density at radius 1 is 1.06 bits per heavy atom. The molecule has 0 saturated heterocycles. The maximum atomic E-state index is 3.49. The molecule has 1 aliphatic carbocycles.